The van der Waals surface area contributed by atoms with Crippen molar-refractivity contribution in [2.45, 2.75) is 37.6 Å². The molecule has 1 aliphatic rings. The smallest absolute Gasteiger partial charge is 0.208 e. The molecule has 0 saturated heterocycles. The Morgan fingerprint density at radius 2 is 2.12 bits per heavy atom. The van der Waals surface area contributed by atoms with Crippen LogP contribution in [0.3, 0.4) is 0 Å². The van der Waals surface area contributed by atoms with Crippen molar-refractivity contribution >= 4 is 10.0 Å². The fourth-order valence-corrected chi connectivity index (χ4v) is 3.44. The zero-order valence-corrected chi connectivity index (χ0v) is 10.3. The summed E-state index contributed by atoms with van der Waals surface area (Å²) in [5, 5.41) is 0. The van der Waals surface area contributed by atoms with Crippen molar-refractivity contribution < 1.29 is 8.42 Å². The Labute approximate surface area is 96.9 Å². The molecule has 1 aromatic rings. The second kappa shape index (κ2) is 4.18. The molecule has 1 radical (unpaired) electrons. The number of aryl methyl sites for hydroxylation is 1. The maximum atomic E-state index is 11.9. The van der Waals surface area contributed by atoms with Crippen LogP contribution in [0.4, 0.5) is 0 Å². The lowest BCUT2D eigenvalue weighted by atomic mass is 10.0. The lowest BCUT2D eigenvalue weighted by molar-refractivity contribution is 0.565. The molecule has 0 amide bonds. The Bertz CT molecular complexity index is 494. The van der Waals surface area contributed by atoms with Gasteiger partial charge in [-0.2, -0.15) is 0 Å². The van der Waals surface area contributed by atoms with Crippen molar-refractivity contribution in [3.63, 3.8) is 0 Å². The lowest BCUT2D eigenvalue weighted by Crippen LogP contribution is -2.37. The van der Waals surface area contributed by atoms with Crippen LogP contribution in [0.15, 0.2) is 23.1 Å². The highest BCUT2D eigenvalue weighted by molar-refractivity contribution is 7.89. The molecule has 1 aliphatic heterocycles. The predicted octanol–water partition coefficient (Wildman–Crippen LogP) is 1.87. The Morgan fingerprint density at radius 1 is 1.38 bits per heavy atom. The summed E-state index contributed by atoms with van der Waals surface area (Å²) in [6, 6.07) is 5.56. The topological polar surface area (TPSA) is 46.2 Å². The highest BCUT2D eigenvalue weighted by Gasteiger charge is 2.27. The second-order valence-corrected chi connectivity index (χ2v) is 5.88. The second-order valence-electron chi connectivity index (χ2n) is 4.20. The lowest BCUT2D eigenvalue weighted by Gasteiger charge is -2.23. The first-order valence-corrected chi connectivity index (χ1v) is 7.01. The van der Waals surface area contributed by atoms with Crippen molar-refractivity contribution in [1.82, 2.24) is 4.72 Å². The number of rotatable bonds is 2. The Kier molecular flexibility index (Phi) is 3.04. The molecule has 1 N–H and O–H groups in total. The average molecular weight is 238 g/mol. The standard InChI is InChI=1S/C12H16NO2S/c1-3-4-10-5-6-11-7-9(2)13-16(14,15)12(11)8-10/h5-9,13H,3-4H2,1-2H3. The summed E-state index contributed by atoms with van der Waals surface area (Å²) in [4.78, 5) is 0.413. The number of hydrogen-bond acceptors (Lipinski definition) is 2. The molecular formula is C12H16NO2S. The zero-order chi connectivity index (χ0) is 11.8. The summed E-state index contributed by atoms with van der Waals surface area (Å²) in [7, 11) is -3.31. The van der Waals surface area contributed by atoms with E-state index in [4.69, 9.17) is 0 Å². The molecule has 0 aliphatic carbocycles. The van der Waals surface area contributed by atoms with Gasteiger partial charge in [-0.05, 0) is 30.5 Å². The van der Waals surface area contributed by atoms with Crippen LogP contribution in [-0.4, -0.2) is 14.5 Å². The van der Waals surface area contributed by atoms with Crippen LogP contribution in [0.1, 0.15) is 31.4 Å². The van der Waals surface area contributed by atoms with Gasteiger partial charge in [0.25, 0.3) is 0 Å². The van der Waals surface area contributed by atoms with Crippen molar-refractivity contribution in [2.24, 2.45) is 0 Å². The predicted molar refractivity (Wildman–Crippen MR) is 63.6 cm³/mol. The monoisotopic (exact) mass is 238 g/mol. The summed E-state index contributed by atoms with van der Waals surface area (Å²) >= 11 is 0. The number of fused-ring (bicyclic) bond motifs is 1. The van der Waals surface area contributed by atoms with Crippen molar-refractivity contribution in [1.29, 1.82) is 0 Å². The van der Waals surface area contributed by atoms with Crippen molar-refractivity contribution in [2.75, 3.05) is 0 Å². The van der Waals surface area contributed by atoms with Crippen LogP contribution in [0.5, 0.6) is 0 Å². The summed E-state index contributed by atoms with van der Waals surface area (Å²) < 4.78 is 26.4. The third-order valence-corrected chi connectivity index (χ3v) is 4.29. The van der Waals surface area contributed by atoms with Gasteiger partial charge >= 0.3 is 0 Å². The van der Waals surface area contributed by atoms with Gasteiger partial charge in [0.05, 0.1) is 4.90 Å². The first kappa shape index (κ1) is 11.6. The van der Waals surface area contributed by atoms with E-state index in [2.05, 4.69) is 11.6 Å². The third-order valence-electron chi connectivity index (χ3n) is 2.68. The molecule has 1 heterocycles. The number of sulfonamides is 1. The first-order valence-electron chi connectivity index (χ1n) is 5.53. The van der Waals surface area contributed by atoms with E-state index < -0.39 is 10.0 Å². The molecule has 0 fully saturated rings. The van der Waals surface area contributed by atoms with Gasteiger partial charge < -0.3 is 0 Å². The average Bonchev–Trinajstić information content (AvgIpc) is 2.18. The zero-order valence-electron chi connectivity index (χ0n) is 9.53. The minimum Gasteiger partial charge on any atom is -0.208 e. The molecule has 4 heteroatoms. The van der Waals surface area contributed by atoms with Crippen LogP contribution < -0.4 is 4.72 Å². The third kappa shape index (κ3) is 2.13. The fraction of sp³-hybridized carbons (Fsp3) is 0.417. The Hall–Kier alpha value is -0.870. The normalized spacial score (nSPS) is 22.8. The molecule has 0 bridgehead atoms. The van der Waals surface area contributed by atoms with E-state index in [0.717, 1.165) is 24.0 Å². The van der Waals surface area contributed by atoms with E-state index in [1.165, 1.54) is 0 Å². The van der Waals surface area contributed by atoms with Crippen LogP contribution >= 0.6 is 0 Å². The Balaban J connectivity index is 2.49. The van der Waals surface area contributed by atoms with E-state index in [1.807, 2.05) is 25.5 Å². The SMILES string of the molecule is CCCc1ccc2c(c1)S(=O)(=O)NC(C)[CH]2. The summed E-state index contributed by atoms with van der Waals surface area (Å²) in [6.45, 7) is 3.92. The Morgan fingerprint density at radius 3 is 2.81 bits per heavy atom. The van der Waals surface area contributed by atoms with Gasteiger partial charge in [-0.1, -0.05) is 25.5 Å². The molecule has 0 aromatic heterocycles. The van der Waals surface area contributed by atoms with Gasteiger partial charge in [-0.3, -0.25) is 0 Å². The summed E-state index contributed by atoms with van der Waals surface area (Å²) in [5.41, 5.74) is 1.89. The van der Waals surface area contributed by atoms with E-state index in [9.17, 15) is 8.42 Å². The summed E-state index contributed by atoms with van der Waals surface area (Å²) in [5.74, 6) is 0. The molecule has 1 unspecified atom stereocenters. The van der Waals surface area contributed by atoms with Crippen molar-refractivity contribution in [3.05, 3.63) is 35.7 Å². The number of benzene rings is 1. The number of nitrogens with one attached hydrogen (secondary N) is 1. The van der Waals surface area contributed by atoms with Gasteiger partial charge in [-0.25, -0.2) is 13.1 Å². The molecule has 1 atom stereocenters. The van der Waals surface area contributed by atoms with Gasteiger partial charge in [0.2, 0.25) is 10.0 Å². The quantitative estimate of drug-likeness (QED) is 0.855. The van der Waals surface area contributed by atoms with Gasteiger partial charge in [0, 0.05) is 12.5 Å². The minimum atomic E-state index is -3.31. The largest absolute Gasteiger partial charge is 0.241 e. The molecule has 87 valence electrons. The van der Waals surface area contributed by atoms with Gasteiger partial charge in [0.15, 0.2) is 0 Å². The van der Waals surface area contributed by atoms with Crippen LogP contribution in [-0.2, 0) is 16.4 Å². The minimum absolute atomic E-state index is 0.130. The summed E-state index contributed by atoms with van der Waals surface area (Å²) in [6.07, 6.45) is 3.87. The van der Waals surface area contributed by atoms with E-state index in [1.54, 1.807) is 6.07 Å². The molecule has 0 spiro atoms. The fourth-order valence-electron chi connectivity index (χ4n) is 2.00. The van der Waals surface area contributed by atoms with Crippen LogP contribution in [0.25, 0.3) is 0 Å². The molecule has 0 saturated carbocycles. The molecule has 3 nitrogen and oxygen atoms in total. The molecule has 16 heavy (non-hydrogen) atoms. The maximum absolute atomic E-state index is 11.9. The van der Waals surface area contributed by atoms with E-state index in [-0.39, 0.29) is 6.04 Å². The van der Waals surface area contributed by atoms with E-state index in [0.29, 0.717) is 4.90 Å². The highest BCUT2D eigenvalue weighted by atomic mass is 32.2. The molecule has 2 rings (SSSR count). The van der Waals surface area contributed by atoms with E-state index >= 15 is 0 Å². The van der Waals surface area contributed by atoms with Crippen LogP contribution in [0.2, 0.25) is 0 Å². The molecular weight excluding hydrogens is 222 g/mol. The maximum Gasteiger partial charge on any atom is 0.241 e. The van der Waals surface area contributed by atoms with Gasteiger partial charge in [-0.15, -0.1) is 0 Å². The highest BCUT2D eigenvalue weighted by Crippen LogP contribution is 2.25. The molecule has 1 aromatic carbocycles. The van der Waals surface area contributed by atoms with Crippen molar-refractivity contribution in [3.8, 4) is 0 Å². The van der Waals surface area contributed by atoms with Gasteiger partial charge in [0.1, 0.15) is 0 Å². The first-order chi connectivity index (χ1) is 7.53. The number of hydrogen-bond donors (Lipinski definition) is 1. The van der Waals surface area contributed by atoms with Crippen LogP contribution in [0, 0.1) is 6.42 Å².